The third-order valence-corrected chi connectivity index (χ3v) is 3.37. The molecule has 1 aromatic heterocycles. The molecule has 2 rings (SSSR count). The summed E-state index contributed by atoms with van der Waals surface area (Å²) in [6.45, 7) is 3.08. The summed E-state index contributed by atoms with van der Waals surface area (Å²) in [5, 5.41) is 14.6. The maximum atomic E-state index is 3.89. The van der Waals surface area contributed by atoms with Crippen molar-refractivity contribution in [3.63, 3.8) is 0 Å². The van der Waals surface area contributed by atoms with Gasteiger partial charge in [-0.25, -0.2) is 4.68 Å². The summed E-state index contributed by atoms with van der Waals surface area (Å²) in [4.78, 5) is 0. The minimum Gasteiger partial charge on any atom is -0.385 e. The van der Waals surface area contributed by atoms with E-state index in [1.807, 2.05) is 17.8 Å². The van der Waals surface area contributed by atoms with Crippen molar-refractivity contribution in [1.82, 2.24) is 20.2 Å². The molecule has 1 aromatic carbocycles. The van der Waals surface area contributed by atoms with Gasteiger partial charge in [0.05, 0.1) is 5.69 Å². The van der Waals surface area contributed by atoms with Crippen LogP contribution >= 0.6 is 11.8 Å². The molecule has 0 fully saturated rings. The third kappa shape index (κ3) is 3.22. The number of hydrogen-bond acceptors (Lipinski definition) is 5. The van der Waals surface area contributed by atoms with E-state index in [0.717, 1.165) is 24.3 Å². The Labute approximate surface area is 111 Å². The van der Waals surface area contributed by atoms with E-state index in [1.165, 1.54) is 11.3 Å². The van der Waals surface area contributed by atoms with Crippen molar-refractivity contribution >= 4 is 17.4 Å². The molecule has 0 spiro atoms. The molecule has 0 atom stereocenters. The predicted molar refractivity (Wildman–Crippen MR) is 75.4 cm³/mol. The Morgan fingerprint density at radius 2 is 2.28 bits per heavy atom. The second-order valence-electron chi connectivity index (χ2n) is 4.03. The van der Waals surface area contributed by atoms with Crippen LogP contribution in [0.5, 0.6) is 0 Å². The topological polar surface area (TPSA) is 55.6 Å². The highest BCUT2D eigenvalue weighted by atomic mass is 32.2. The Hall–Kier alpha value is -1.56. The number of benzene rings is 1. The summed E-state index contributed by atoms with van der Waals surface area (Å²) >= 11 is 1.87. The molecule has 6 heteroatoms. The Bertz CT molecular complexity index is 483. The van der Waals surface area contributed by atoms with E-state index in [9.17, 15) is 0 Å². The first kappa shape index (κ1) is 12.9. The van der Waals surface area contributed by atoms with Crippen LogP contribution < -0.4 is 5.32 Å². The van der Waals surface area contributed by atoms with Gasteiger partial charge < -0.3 is 5.32 Å². The van der Waals surface area contributed by atoms with Gasteiger partial charge in [0.15, 0.2) is 0 Å². The fourth-order valence-corrected chi connectivity index (χ4v) is 2.10. The van der Waals surface area contributed by atoms with Gasteiger partial charge in [0.1, 0.15) is 6.33 Å². The highest BCUT2D eigenvalue weighted by molar-refractivity contribution is 7.98. The van der Waals surface area contributed by atoms with Crippen LogP contribution in [0, 0.1) is 6.92 Å². The molecule has 0 aliphatic carbocycles. The SMILES string of the molecule is CSCCCNc1cc(-n2cnnn2)ccc1C. The van der Waals surface area contributed by atoms with Crippen LogP contribution in [0.3, 0.4) is 0 Å². The van der Waals surface area contributed by atoms with E-state index in [1.54, 1.807) is 11.0 Å². The molecule has 2 aromatic rings. The summed E-state index contributed by atoms with van der Waals surface area (Å²) in [5.41, 5.74) is 3.35. The second kappa shape index (κ2) is 6.39. The average Bonchev–Trinajstić information content (AvgIpc) is 2.90. The first-order chi connectivity index (χ1) is 8.81. The summed E-state index contributed by atoms with van der Waals surface area (Å²) in [7, 11) is 0. The van der Waals surface area contributed by atoms with Crippen molar-refractivity contribution in [3.8, 4) is 5.69 Å². The molecule has 0 radical (unpaired) electrons. The molecule has 0 saturated carbocycles. The van der Waals surface area contributed by atoms with E-state index < -0.39 is 0 Å². The highest BCUT2D eigenvalue weighted by Crippen LogP contribution is 2.18. The summed E-state index contributed by atoms with van der Waals surface area (Å²) in [6, 6.07) is 6.16. The number of aryl methyl sites for hydroxylation is 1. The number of rotatable bonds is 6. The van der Waals surface area contributed by atoms with E-state index in [2.05, 4.69) is 46.2 Å². The van der Waals surface area contributed by atoms with Crippen LogP contribution in [-0.2, 0) is 0 Å². The van der Waals surface area contributed by atoms with E-state index >= 15 is 0 Å². The lowest BCUT2D eigenvalue weighted by Gasteiger charge is -2.11. The van der Waals surface area contributed by atoms with Gasteiger partial charge in [-0.05, 0) is 53.5 Å². The van der Waals surface area contributed by atoms with Crippen LogP contribution in [0.2, 0.25) is 0 Å². The van der Waals surface area contributed by atoms with Gasteiger partial charge in [-0.1, -0.05) is 6.07 Å². The van der Waals surface area contributed by atoms with Gasteiger partial charge in [0.25, 0.3) is 0 Å². The molecule has 96 valence electrons. The molecular formula is C12H17N5S. The summed E-state index contributed by atoms with van der Waals surface area (Å²) in [5.74, 6) is 1.18. The number of hydrogen-bond donors (Lipinski definition) is 1. The van der Waals surface area contributed by atoms with Gasteiger partial charge in [0.2, 0.25) is 0 Å². The number of nitrogens with zero attached hydrogens (tertiary/aromatic N) is 4. The van der Waals surface area contributed by atoms with Gasteiger partial charge in [0, 0.05) is 12.2 Å². The molecule has 0 aliphatic heterocycles. The zero-order valence-corrected chi connectivity index (χ0v) is 11.4. The molecule has 0 saturated heterocycles. The standard InChI is InChI=1S/C12H17N5S/c1-10-4-5-11(17-9-14-15-16-17)8-12(10)13-6-3-7-18-2/h4-5,8-9,13H,3,6-7H2,1-2H3. The highest BCUT2D eigenvalue weighted by Gasteiger charge is 2.02. The third-order valence-electron chi connectivity index (χ3n) is 2.68. The fourth-order valence-electron chi connectivity index (χ4n) is 1.66. The first-order valence-corrected chi connectivity index (χ1v) is 7.27. The van der Waals surface area contributed by atoms with Crippen molar-refractivity contribution in [1.29, 1.82) is 0 Å². The van der Waals surface area contributed by atoms with Crippen LogP contribution in [0.1, 0.15) is 12.0 Å². The molecule has 1 heterocycles. The van der Waals surface area contributed by atoms with Crippen LogP contribution in [0.25, 0.3) is 5.69 Å². The number of tetrazole rings is 1. The number of nitrogens with one attached hydrogen (secondary N) is 1. The molecule has 0 amide bonds. The lowest BCUT2D eigenvalue weighted by molar-refractivity contribution is 0.789. The number of thioether (sulfide) groups is 1. The Kier molecular flexibility index (Phi) is 4.58. The van der Waals surface area contributed by atoms with Crippen molar-refractivity contribution < 1.29 is 0 Å². The van der Waals surface area contributed by atoms with Crippen molar-refractivity contribution in [2.75, 3.05) is 23.9 Å². The smallest absolute Gasteiger partial charge is 0.143 e. The summed E-state index contributed by atoms with van der Waals surface area (Å²) in [6.07, 6.45) is 4.89. The van der Waals surface area contributed by atoms with Gasteiger partial charge >= 0.3 is 0 Å². The normalized spacial score (nSPS) is 10.6. The minimum absolute atomic E-state index is 0.970. The number of aromatic nitrogens is 4. The largest absolute Gasteiger partial charge is 0.385 e. The zero-order valence-electron chi connectivity index (χ0n) is 10.6. The zero-order chi connectivity index (χ0) is 12.8. The maximum Gasteiger partial charge on any atom is 0.143 e. The molecule has 0 bridgehead atoms. The van der Waals surface area contributed by atoms with Gasteiger partial charge in [-0.2, -0.15) is 11.8 Å². The summed E-state index contributed by atoms with van der Waals surface area (Å²) < 4.78 is 1.66. The Morgan fingerprint density at radius 3 is 3.00 bits per heavy atom. The van der Waals surface area contributed by atoms with Crippen LogP contribution in [0.15, 0.2) is 24.5 Å². The van der Waals surface area contributed by atoms with Crippen molar-refractivity contribution in [3.05, 3.63) is 30.1 Å². The fraction of sp³-hybridized carbons (Fsp3) is 0.417. The number of anilines is 1. The predicted octanol–water partition coefficient (Wildman–Crippen LogP) is 2.14. The monoisotopic (exact) mass is 263 g/mol. The second-order valence-corrected chi connectivity index (χ2v) is 5.01. The molecule has 0 unspecified atom stereocenters. The van der Waals surface area contributed by atoms with Gasteiger partial charge in [-0.3, -0.25) is 0 Å². The van der Waals surface area contributed by atoms with Crippen molar-refractivity contribution in [2.45, 2.75) is 13.3 Å². The molecule has 0 aliphatic rings. The lowest BCUT2D eigenvalue weighted by atomic mass is 10.2. The molecular weight excluding hydrogens is 246 g/mol. The van der Waals surface area contributed by atoms with Crippen LogP contribution in [-0.4, -0.2) is 38.8 Å². The molecule has 18 heavy (non-hydrogen) atoms. The quantitative estimate of drug-likeness (QED) is 0.809. The van der Waals surface area contributed by atoms with Gasteiger partial charge in [-0.15, -0.1) is 5.10 Å². The van der Waals surface area contributed by atoms with E-state index in [4.69, 9.17) is 0 Å². The Balaban J connectivity index is 2.07. The average molecular weight is 263 g/mol. The van der Waals surface area contributed by atoms with Crippen LogP contribution in [0.4, 0.5) is 5.69 Å². The Morgan fingerprint density at radius 1 is 1.39 bits per heavy atom. The van der Waals surface area contributed by atoms with Crippen molar-refractivity contribution in [2.24, 2.45) is 0 Å². The molecule has 5 nitrogen and oxygen atoms in total. The minimum atomic E-state index is 0.970. The molecule has 1 N–H and O–H groups in total. The van der Waals surface area contributed by atoms with E-state index in [-0.39, 0.29) is 0 Å². The van der Waals surface area contributed by atoms with E-state index in [0.29, 0.717) is 0 Å². The lowest BCUT2D eigenvalue weighted by Crippen LogP contribution is -2.05. The first-order valence-electron chi connectivity index (χ1n) is 5.88. The maximum absolute atomic E-state index is 3.89.